The van der Waals surface area contributed by atoms with Crippen molar-refractivity contribution in [3.05, 3.63) is 39.9 Å². The maximum atomic E-state index is 12.4. The molecule has 2 unspecified atom stereocenters. The van der Waals surface area contributed by atoms with E-state index in [0.29, 0.717) is 5.56 Å². The van der Waals surface area contributed by atoms with Gasteiger partial charge in [-0.3, -0.25) is 14.9 Å². The molecule has 0 heterocycles. The van der Waals surface area contributed by atoms with E-state index in [2.05, 4.69) is 0 Å². The van der Waals surface area contributed by atoms with Crippen LogP contribution in [0.15, 0.2) is 24.3 Å². The summed E-state index contributed by atoms with van der Waals surface area (Å²) in [5.74, 6) is -0.141. The average Bonchev–Trinajstić information content (AvgIpc) is 2.46. The first-order chi connectivity index (χ1) is 9.50. The summed E-state index contributed by atoms with van der Waals surface area (Å²) in [5.41, 5.74) is 0.435. The minimum atomic E-state index is -0.478. The van der Waals surface area contributed by atoms with Crippen LogP contribution in [0.4, 0.5) is 5.69 Å². The number of hydrogen-bond donors (Lipinski definition) is 0. The number of nitro groups is 1. The highest BCUT2D eigenvalue weighted by molar-refractivity contribution is 6.21. The largest absolute Gasteiger partial charge is 0.337 e. The Morgan fingerprint density at radius 2 is 1.90 bits per heavy atom. The third-order valence-electron chi connectivity index (χ3n) is 3.79. The number of amides is 1. The van der Waals surface area contributed by atoms with Crippen LogP contribution < -0.4 is 0 Å². The van der Waals surface area contributed by atoms with Crippen LogP contribution in [-0.2, 0) is 0 Å². The van der Waals surface area contributed by atoms with Gasteiger partial charge in [0.1, 0.15) is 0 Å². The molecule has 5 nitrogen and oxygen atoms in total. The van der Waals surface area contributed by atoms with Gasteiger partial charge in [-0.15, -0.1) is 11.6 Å². The van der Waals surface area contributed by atoms with Crippen molar-refractivity contribution >= 4 is 23.2 Å². The number of carbonyl (C=O) groups is 1. The van der Waals surface area contributed by atoms with Crippen molar-refractivity contribution in [2.24, 2.45) is 0 Å². The summed E-state index contributed by atoms with van der Waals surface area (Å²) in [6.07, 6.45) is 4.00. The van der Waals surface area contributed by atoms with Crippen molar-refractivity contribution in [3.63, 3.8) is 0 Å². The van der Waals surface area contributed by atoms with Gasteiger partial charge in [0.25, 0.3) is 11.6 Å². The number of nitro benzene ring substituents is 1. The van der Waals surface area contributed by atoms with Crippen LogP contribution in [0.1, 0.15) is 36.0 Å². The zero-order valence-corrected chi connectivity index (χ0v) is 12.0. The monoisotopic (exact) mass is 296 g/mol. The molecule has 1 fully saturated rings. The first kappa shape index (κ1) is 14.8. The first-order valence-corrected chi connectivity index (χ1v) is 7.10. The lowest BCUT2D eigenvalue weighted by molar-refractivity contribution is -0.384. The van der Waals surface area contributed by atoms with Gasteiger partial charge >= 0.3 is 0 Å². The molecule has 1 aromatic carbocycles. The van der Waals surface area contributed by atoms with Gasteiger partial charge in [0.15, 0.2) is 0 Å². The van der Waals surface area contributed by atoms with Crippen molar-refractivity contribution in [2.45, 2.75) is 37.1 Å². The highest BCUT2D eigenvalue weighted by atomic mass is 35.5. The standard InChI is InChI=1S/C14H17ClN2O3/c1-16(13-5-3-2-4-12(13)15)14(18)10-6-8-11(9-7-10)17(19)20/h6-9,12-13H,2-5H2,1H3. The van der Waals surface area contributed by atoms with Crippen LogP contribution in [0.2, 0.25) is 0 Å². The number of alkyl halides is 1. The first-order valence-electron chi connectivity index (χ1n) is 6.66. The second-order valence-corrected chi connectivity index (χ2v) is 5.65. The molecule has 0 bridgehead atoms. The topological polar surface area (TPSA) is 63.5 Å². The predicted octanol–water partition coefficient (Wildman–Crippen LogP) is 3.22. The van der Waals surface area contributed by atoms with Gasteiger partial charge in [-0.1, -0.05) is 12.8 Å². The van der Waals surface area contributed by atoms with Crippen LogP contribution in [0.25, 0.3) is 0 Å². The molecule has 1 aliphatic carbocycles. The number of nitrogens with zero attached hydrogens (tertiary/aromatic N) is 2. The van der Waals surface area contributed by atoms with E-state index in [1.807, 2.05) is 0 Å². The Kier molecular flexibility index (Phi) is 4.60. The third kappa shape index (κ3) is 3.10. The minimum absolute atomic E-state index is 0.0166. The lowest BCUT2D eigenvalue weighted by atomic mass is 9.93. The van der Waals surface area contributed by atoms with Crippen molar-refractivity contribution < 1.29 is 9.72 Å². The highest BCUT2D eigenvalue weighted by Crippen LogP contribution is 2.27. The Morgan fingerprint density at radius 3 is 2.45 bits per heavy atom. The van der Waals surface area contributed by atoms with Gasteiger partial charge in [0, 0.05) is 30.8 Å². The SMILES string of the molecule is CN(C(=O)c1ccc([N+](=O)[O-])cc1)C1CCCCC1Cl. The lowest BCUT2D eigenvalue weighted by Crippen LogP contribution is -2.44. The smallest absolute Gasteiger partial charge is 0.269 e. The van der Waals surface area contributed by atoms with E-state index >= 15 is 0 Å². The summed E-state index contributed by atoms with van der Waals surface area (Å²) in [7, 11) is 1.75. The van der Waals surface area contributed by atoms with Crippen LogP contribution in [0.3, 0.4) is 0 Å². The number of carbonyl (C=O) groups excluding carboxylic acids is 1. The van der Waals surface area contributed by atoms with E-state index in [4.69, 9.17) is 11.6 Å². The normalized spacial score (nSPS) is 22.3. The van der Waals surface area contributed by atoms with E-state index < -0.39 is 4.92 Å². The number of non-ortho nitro benzene ring substituents is 1. The molecule has 0 N–H and O–H groups in total. The van der Waals surface area contributed by atoms with E-state index in [0.717, 1.165) is 25.7 Å². The molecule has 1 aromatic rings. The number of hydrogen-bond acceptors (Lipinski definition) is 3. The van der Waals surface area contributed by atoms with Gasteiger partial charge < -0.3 is 4.90 Å². The van der Waals surface area contributed by atoms with Crippen LogP contribution in [0, 0.1) is 10.1 Å². The number of halogens is 1. The molecule has 108 valence electrons. The Morgan fingerprint density at radius 1 is 1.30 bits per heavy atom. The molecule has 0 radical (unpaired) electrons. The van der Waals surface area contributed by atoms with Crippen molar-refractivity contribution in [1.82, 2.24) is 4.90 Å². The summed E-state index contributed by atoms with van der Waals surface area (Å²) in [6, 6.07) is 5.71. The average molecular weight is 297 g/mol. The fourth-order valence-electron chi connectivity index (χ4n) is 2.58. The Balaban J connectivity index is 2.11. The Hall–Kier alpha value is -1.62. The summed E-state index contributed by atoms with van der Waals surface area (Å²) in [5, 5.41) is 10.6. The molecule has 2 rings (SSSR count). The number of benzene rings is 1. The van der Waals surface area contributed by atoms with Gasteiger partial charge in [0.2, 0.25) is 0 Å². The summed E-state index contributed by atoms with van der Waals surface area (Å²) < 4.78 is 0. The summed E-state index contributed by atoms with van der Waals surface area (Å²) >= 11 is 6.29. The maximum absolute atomic E-state index is 12.4. The van der Waals surface area contributed by atoms with Crippen molar-refractivity contribution in [3.8, 4) is 0 Å². The quantitative estimate of drug-likeness (QED) is 0.489. The van der Waals surface area contributed by atoms with Crippen molar-refractivity contribution in [1.29, 1.82) is 0 Å². The number of rotatable bonds is 3. The van der Waals surface area contributed by atoms with Crippen molar-refractivity contribution in [2.75, 3.05) is 7.05 Å². The zero-order chi connectivity index (χ0) is 14.7. The van der Waals surface area contributed by atoms with E-state index in [-0.39, 0.29) is 23.0 Å². The fraction of sp³-hybridized carbons (Fsp3) is 0.500. The molecule has 1 amide bonds. The molecule has 6 heteroatoms. The molecule has 0 spiro atoms. The fourth-order valence-corrected chi connectivity index (χ4v) is 3.03. The van der Waals surface area contributed by atoms with Gasteiger partial charge in [-0.2, -0.15) is 0 Å². The molecule has 20 heavy (non-hydrogen) atoms. The molecular formula is C14H17ClN2O3. The summed E-state index contributed by atoms with van der Waals surface area (Å²) in [4.78, 5) is 24.2. The minimum Gasteiger partial charge on any atom is -0.337 e. The molecule has 2 atom stereocenters. The van der Waals surface area contributed by atoms with E-state index in [1.54, 1.807) is 11.9 Å². The van der Waals surface area contributed by atoms with E-state index in [1.165, 1.54) is 24.3 Å². The second kappa shape index (κ2) is 6.22. The van der Waals surface area contributed by atoms with Gasteiger partial charge in [0.05, 0.1) is 10.3 Å². The van der Waals surface area contributed by atoms with E-state index in [9.17, 15) is 14.9 Å². The van der Waals surface area contributed by atoms with Crippen LogP contribution in [-0.4, -0.2) is 34.2 Å². The lowest BCUT2D eigenvalue weighted by Gasteiger charge is -2.35. The third-order valence-corrected chi connectivity index (χ3v) is 4.30. The molecule has 0 saturated heterocycles. The molecular weight excluding hydrogens is 280 g/mol. The zero-order valence-electron chi connectivity index (χ0n) is 11.3. The van der Waals surface area contributed by atoms with Crippen LogP contribution >= 0.6 is 11.6 Å². The van der Waals surface area contributed by atoms with Gasteiger partial charge in [-0.05, 0) is 25.0 Å². The van der Waals surface area contributed by atoms with Gasteiger partial charge in [-0.25, -0.2) is 0 Å². The summed E-state index contributed by atoms with van der Waals surface area (Å²) in [6.45, 7) is 0. The maximum Gasteiger partial charge on any atom is 0.269 e. The second-order valence-electron chi connectivity index (χ2n) is 5.09. The molecule has 1 saturated carbocycles. The molecule has 1 aliphatic rings. The Labute approximate surface area is 122 Å². The highest BCUT2D eigenvalue weighted by Gasteiger charge is 2.29. The molecule has 0 aromatic heterocycles. The molecule has 0 aliphatic heterocycles. The van der Waals surface area contributed by atoms with Crippen LogP contribution in [0.5, 0.6) is 0 Å². The predicted molar refractivity (Wildman–Crippen MR) is 77.1 cm³/mol. The Bertz CT molecular complexity index is 504.